The Morgan fingerprint density at radius 1 is 1.41 bits per heavy atom. The van der Waals surface area contributed by atoms with Crippen molar-refractivity contribution in [2.24, 2.45) is 5.41 Å². The van der Waals surface area contributed by atoms with Crippen LogP contribution < -0.4 is 10.6 Å². The fraction of sp³-hybridized carbons (Fsp3) is 0.909. The number of amides is 1. The summed E-state index contributed by atoms with van der Waals surface area (Å²) in [6.45, 7) is 0.679. The third-order valence-corrected chi connectivity index (χ3v) is 5.64. The zero-order chi connectivity index (χ0) is 12.5. The van der Waals surface area contributed by atoms with Crippen molar-refractivity contribution in [3.8, 4) is 0 Å². The molecule has 0 spiro atoms. The number of carbonyl (C=O) groups excluding carboxylic acids is 1. The number of carbonyl (C=O) groups is 1. The van der Waals surface area contributed by atoms with E-state index in [0.717, 1.165) is 19.3 Å². The molecular formula is C11H20N2O3S. The van der Waals surface area contributed by atoms with Gasteiger partial charge in [0.25, 0.3) is 0 Å². The minimum atomic E-state index is -2.92. The molecule has 0 bridgehead atoms. The van der Waals surface area contributed by atoms with Gasteiger partial charge in [0.1, 0.15) is 0 Å². The van der Waals surface area contributed by atoms with Crippen molar-refractivity contribution in [2.75, 3.05) is 25.1 Å². The summed E-state index contributed by atoms with van der Waals surface area (Å²) >= 11 is 0. The topological polar surface area (TPSA) is 75.3 Å². The summed E-state index contributed by atoms with van der Waals surface area (Å²) < 4.78 is 22.6. The van der Waals surface area contributed by atoms with Crippen LogP contribution in [0.4, 0.5) is 0 Å². The molecule has 2 N–H and O–H groups in total. The molecule has 5 nitrogen and oxygen atoms in total. The van der Waals surface area contributed by atoms with Gasteiger partial charge in [0.05, 0.1) is 16.9 Å². The van der Waals surface area contributed by atoms with Gasteiger partial charge in [-0.2, -0.15) is 0 Å². The summed E-state index contributed by atoms with van der Waals surface area (Å²) in [6, 6.07) is -0.179. The molecule has 2 aliphatic rings. The smallest absolute Gasteiger partial charge is 0.227 e. The molecule has 1 aliphatic carbocycles. The van der Waals surface area contributed by atoms with Crippen LogP contribution in [-0.2, 0) is 14.6 Å². The van der Waals surface area contributed by atoms with Crippen molar-refractivity contribution in [2.45, 2.75) is 31.7 Å². The maximum absolute atomic E-state index is 12.2. The van der Waals surface area contributed by atoms with Crippen molar-refractivity contribution in [1.29, 1.82) is 0 Å². The third kappa shape index (κ3) is 2.63. The molecule has 1 saturated carbocycles. The molecule has 2 fully saturated rings. The zero-order valence-corrected chi connectivity index (χ0v) is 11.0. The molecule has 1 unspecified atom stereocenters. The van der Waals surface area contributed by atoms with E-state index in [4.69, 9.17) is 0 Å². The third-order valence-electron chi connectivity index (χ3n) is 3.88. The van der Waals surface area contributed by atoms with Crippen LogP contribution in [0.25, 0.3) is 0 Å². The van der Waals surface area contributed by atoms with E-state index >= 15 is 0 Å². The molecule has 0 radical (unpaired) electrons. The molecule has 6 heteroatoms. The lowest BCUT2D eigenvalue weighted by Crippen LogP contribution is -2.53. The lowest BCUT2D eigenvalue weighted by molar-refractivity contribution is -0.136. The van der Waals surface area contributed by atoms with E-state index < -0.39 is 9.84 Å². The Morgan fingerprint density at radius 3 is 2.53 bits per heavy atom. The Morgan fingerprint density at radius 2 is 2.12 bits per heavy atom. The van der Waals surface area contributed by atoms with Gasteiger partial charge in [-0.15, -0.1) is 0 Å². The van der Waals surface area contributed by atoms with Crippen molar-refractivity contribution in [3.63, 3.8) is 0 Å². The van der Waals surface area contributed by atoms with Crippen LogP contribution in [0.15, 0.2) is 0 Å². The average Bonchev–Trinajstić information content (AvgIpc) is 2.51. The second-order valence-corrected chi connectivity index (χ2v) is 7.47. The second-order valence-electron chi connectivity index (χ2n) is 5.24. The molecule has 1 aliphatic heterocycles. The molecule has 17 heavy (non-hydrogen) atoms. The highest BCUT2D eigenvalue weighted by Gasteiger charge is 2.44. The number of rotatable bonds is 4. The SMILES string of the molecule is CNCC1(C(=O)NC2CCS(=O)(=O)C2)CCC1. The standard InChI is InChI=1S/C11H20N2O3S/c1-12-8-11(4-2-5-11)10(14)13-9-3-6-17(15,16)7-9/h9,12H,2-8H2,1H3,(H,13,14). The monoisotopic (exact) mass is 260 g/mol. The van der Waals surface area contributed by atoms with Crippen molar-refractivity contribution in [1.82, 2.24) is 10.6 Å². The molecule has 2 rings (SSSR count). The Bertz CT molecular complexity index is 401. The van der Waals surface area contributed by atoms with Crippen LogP contribution in [0.3, 0.4) is 0 Å². The van der Waals surface area contributed by atoms with Gasteiger partial charge in [-0.05, 0) is 26.3 Å². The molecule has 98 valence electrons. The fourth-order valence-corrected chi connectivity index (χ4v) is 4.35. The minimum Gasteiger partial charge on any atom is -0.352 e. The normalized spacial score (nSPS) is 29.6. The van der Waals surface area contributed by atoms with Crippen molar-refractivity contribution < 1.29 is 13.2 Å². The van der Waals surface area contributed by atoms with Gasteiger partial charge in [-0.1, -0.05) is 6.42 Å². The molecular weight excluding hydrogens is 240 g/mol. The summed E-state index contributed by atoms with van der Waals surface area (Å²) in [5.74, 6) is 0.339. The molecule has 1 heterocycles. The molecule has 0 aromatic rings. The Balaban J connectivity index is 1.93. The molecule has 1 saturated heterocycles. The average molecular weight is 260 g/mol. The maximum Gasteiger partial charge on any atom is 0.227 e. The van der Waals surface area contributed by atoms with Gasteiger partial charge in [-0.25, -0.2) is 8.42 Å². The lowest BCUT2D eigenvalue weighted by Gasteiger charge is -2.40. The molecule has 0 aromatic heterocycles. The number of sulfone groups is 1. The number of nitrogens with one attached hydrogen (secondary N) is 2. The van der Waals surface area contributed by atoms with E-state index in [9.17, 15) is 13.2 Å². The molecule has 1 atom stereocenters. The predicted molar refractivity (Wildman–Crippen MR) is 65.4 cm³/mol. The summed E-state index contributed by atoms with van der Waals surface area (Å²) in [7, 11) is -1.08. The maximum atomic E-state index is 12.2. The first kappa shape index (κ1) is 12.8. The molecule has 1 amide bonds. The number of hydrogen-bond donors (Lipinski definition) is 2. The van der Waals surface area contributed by atoms with E-state index in [1.165, 1.54) is 0 Å². The van der Waals surface area contributed by atoms with Gasteiger partial charge in [0.2, 0.25) is 5.91 Å². The first-order valence-corrected chi connectivity index (χ1v) is 7.96. The zero-order valence-electron chi connectivity index (χ0n) is 10.2. The van der Waals surface area contributed by atoms with E-state index in [1.54, 1.807) is 0 Å². The van der Waals surface area contributed by atoms with Gasteiger partial charge < -0.3 is 10.6 Å². The lowest BCUT2D eigenvalue weighted by atomic mass is 9.68. The van der Waals surface area contributed by atoms with Crippen LogP contribution in [-0.4, -0.2) is 45.5 Å². The van der Waals surface area contributed by atoms with E-state index in [2.05, 4.69) is 10.6 Å². The Labute approximate surface area is 102 Å². The fourth-order valence-electron chi connectivity index (χ4n) is 2.67. The first-order valence-electron chi connectivity index (χ1n) is 6.13. The largest absolute Gasteiger partial charge is 0.352 e. The van der Waals surface area contributed by atoms with Crippen LogP contribution in [0.2, 0.25) is 0 Å². The minimum absolute atomic E-state index is 0.0280. The van der Waals surface area contributed by atoms with E-state index in [0.29, 0.717) is 13.0 Å². The Kier molecular flexibility index (Phi) is 3.45. The van der Waals surface area contributed by atoms with Gasteiger partial charge in [-0.3, -0.25) is 4.79 Å². The molecule has 0 aromatic carbocycles. The van der Waals surface area contributed by atoms with Crippen LogP contribution in [0, 0.1) is 5.41 Å². The first-order chi connectivity index (χ1) is 7.97. The van der Waals surface area contributed by atoms with E-state index in [1.807, 2.05) is 7.05 Å². The predicted octanol–water partition coefficient (Wildman–Crippen LogP) is -0.321. The van der Waals surface area contributed by atoms with E-state index in [-0.39, 0.29) is 28.9 Å². The Hall–Kier alpha value is -0.620. The van der Waals surface area contributed by atoms with Crippen molar-refractivity contribution >= 4 is 15.7 Å². The van der Waals surface area contributed by atoms with Gasteiger partial charge in [0.15, 0.2) is 9.84 Å². The summed E-state index contributed by atoms with van der Waals surface area (Å²) in [4.78, 5) is 12.2. The summed E-state index contributed by atoms with van der Waals surface area (Å²) in [5, 5.41) is 5.96. The quantitative estimate of drug-likeness (QED) is 0.726. The number of hydrogen-bond acceptors (Lipinski definition) is 4. The highest BCUT2D eigenvalue weighted by atomic mass is 32.2. The van der Waals surface area contributed by atoms with Gasteiger partial charge in [0, 0.05) is 12.6 Å². The van der Waals surface area contributed by atoms with Crippen LogP contribution in [0.5, 0.6) is 0 Å². The van der Waals surface area contributed by atoms with Crippen LogP contribution >= 0.6 is 0 Å². The van der Waals surface area contributed by atoms with Gasteiger partial charge >= 0.3 is 0 Å². The van der Waals surface area contributed by atoms with Crippen LogP contribution in [0.1, 0.15) is 25.7 Å². The highest BCUT2D eigenvalue weighted by molar-refractivity contribution is 7.91. The highest BCUT2D eigenvalue weighted by Crippen LogP contribution is 2.40. The second kappa shape index (κ2) is 4.57. The summed E-state index contributed by atoms with van der Waals surface area (Å²) in [5.41, 5.74) is -0.291. The van der Waals surface area contributed by atoms with Crippen molar-refractivity contribution in [3.05, 3.63) is 0 Å². The summed E-state index contributed by atoms with van der Waals surface area (Å²) in [6.07, 6.45) is 3.44.